The maximum atomic E-state index is 11.9. The monoisotopic (exact) mass is 280 g/mol. The fourth-order valence-electron chi connectivity index (χ4n) is 1.83. The van der Waals surface area contributed by atoms with Gasteiger partial charge in [0.1, 0.15) is 11.9 Å². The number of carbonyl (C=O) groups excluding carboxylic acids is 1. The molecule has 5 heteroatoms. The Labute approximate surface area is 120 Å². The Kier molecular flexibility index (Phi) is 6.48. The van der Waals surface area contributed by atoms with E-state index < -0.39 is 6.10 Å². The number of hydrogen-bond acceptors (Lipinski definition) is 4. The van der Waals surface area contributed by atoms with Crippen molar-refractivity contribution >= 4 is 5.91 Å². The van der Waals surface area contributed by atoms with Crippen LogP contribution in [0.5, 0.6) is 5.75 Å². The molecule has 112 valence electrons. The number of methoxy groups -OCH3 is 1. The van der Waals surface area contributed by atoms with Gasteiger partial charge in [-0.1, -0.05) is 12.1 Å². The molecule has 0 saturated heterocycles. The number of benzene rings is 1. The van der Waals surface area contributed by atoms with Crippen molar-refractivity contribution in [2.75, 3.05) is 13.7 Å². The first kappa shape index (κ1) is 16.5. The zero-order valence-corrected chi connectivity index (χ0v) is 12.6. The summed E-state index contributed by atoms with van der Waals surface area (Å²) >= 11 is 0. The Morgan fingerprint density at radius 3 is 2.60 bits per heavy atom. The van der Waals surface area contributed by atoms with E-state index in [1.165, 1.54) is 7.11 Å². The summed E-state index contributed by atoms with van der Waals surface area (Å²) in [5.74, 6) is 0.582. The van der Waals surface area contributed by atoms with Crippen molar-refractivity contribution in [2.45, 2.75) is 39.0 Å². The van der Waals surface area contributed by atoms with Gasteiger partial charge in [0.25, 0.3) is 5.91 Å². The Morgan fingerprint density at radius 1 is 1.35 bits per heavy atom. The van der Waals surface area contributed by atoms with Gasteiger partial charge in [-0.2, -0.15) is 0 Å². The molecule has 0 aromatic heterocycles. The molecule has 1 amide bonds. The van der Waals surface area contributed by atoms with Gasteiger partial charge in [0, 0.05) is 13.7 Å². The quantitative estimate of drug-likeness (QED) is 0.796. The number of carbonyl (C=O) groups is 1. The summed E-state index contributed by atoms with van der Waals surface area (Å²) < 4.78 is 10.7. The van der Waals surface area contributed by atoms with Crippen LogP contribution >= 0.6 is 0 Å². The molecule has 0 radical (unpaired) electrons. The smallest absolute Gasteiger partial charge is 0.250 e. The van der Waals surface area contributed by atoms with Gasteiger partial charge in [-0.3, -0.25) is 4.79 Å². The maximum absolute atomic E-state index is 11.9. The lowest BCUT2D eigenvalue weighted by Crippen LogP contribution is -2.41. The van der Waals surface area contributed by atoms with Crippen LogP contribution in [0.1, 0.15) is 32.4 Å². The van der Waals surface area contributed by atoms with E-state index in [0.717, 1.165) is 11.3 Å². The topological polar surface area (TPSA) is 73.6 Å². The second-order valence-electron chi connectivity index (χ2n) is 4.93. The van der Waals surface area contributed by atoms with Crippen molar-refractivity contribution < 1.29 is 14.3 Å². The first-order chi connectivity index (χ1) is 9.47. The molecular formula is C15H24N2O3. The first-order valence-corrected chi connectivity index (χ1v) is 6.77. The minimum absolute atomic E-state index is 0.116. The van der Waals surface area contributed by atoms with Crippen LogP contribution < -0.4 is 15.8 Å². The van der Waals surface area contributed by atoms with Gasteiger partial charge >= 0.3 is 0 Å². The molecule has 3 N–H and O–H groups in total. The molecule has 0 spiro atoms. The highest BCUT2D eigenvalue weighted by Crippen LogP contribution is 2.20. The minimum Gasteiger partial charge on any atom is -0.491 e. The molecule has 0 aliphatic carbocycles. The second kappa shape index (κ2) is 7.87. The fourth-order valence-corrected chi connectivity index (χ4v) is 1.83. The van der Waals surface area contributed by atoms with Crippen LogP contribution in [0.2, 0.25) is 0 Å². The maximum Gasteiger partial charge on any atom is 0.250 e. The molecule has 5 nitrogen and oxygen atoms in total. The third-order valence-electron chi connectivity index (χ3n) is 2.88. The van der Waals surface area contributed by atoms with Crippen LogP contribution in [0.25, 0.3) is 0 Å². The molecule has 1 rings (SSSR count). The van der Waals surface area contributed by atoms with Gasteiger partial charge in [-0.25, -0.2) is 0 Å². The fraction of sp³-hybridized carbons (Fsp3) is 0.533. The van der Waals surface area contributed by atoms with Crippen LogP contribution in [0.15, 0.2) is 24.3 Å². The zero-order valence-electron chi connectivity index (χ0n) is 12.6. The molecule has 1 aromatic carbocycles. The van der Waals surface area contributed by atoms with Crippen molar-refractivity contribution in [3.05, 3.63) is 29.8 Å². The summed E-state index contributed by atoms with van der Waals surface area (Å²) in [6.45, 7) is 6.02. The summed E-state index contributed by atoms with van der Waals surface area (Å²) in [6, 6.07) is 7.54. The van der Waals surface area contributed by atoms with E-state index in [1.807, 2.05) is 45.0 Å². The highest BCUT2D eigenvalue weighted by molar-refractivity contribution is 5.81. The molecule has 0 bridgehead atoms. The number of rotatable bonds is 7. The van der Waals surface area contributed by atoms with E-state index in [-0.39, 0.29) is 24.6 Å². The molecule has 0 fully saturated rings. The molecule has 0 saturated carbocycles. The highest BCUT2D eigenvalue weighted by atomic mass is 16.5. The molecule has 2 atom stereocenters. The van der Waals surface area contributed by atoms with Gasteiger partial charge in [0.05, 0.1) is 12.1 Å². The molecule has 0 heterocycles. The van der Waals surface area contributed by atoms with E-state index in [2.05, 4.69) is 5.32 Å². The summed E-state index contributed by atoms with van der Waals surface area (Å²) in [4.78, 5) is 11.9. The van der Waals surface area contributed by atoms with Crippen molar-refractivity contribution in [3.63, 3.8) is 0 Å². The van der Waals surface area contributed by atoms with Gasteiger partial charge in [0.2, 0.25) is 0 Å². The Bertz CT molecular complexity index is 431. The number of nitrogens with one attached hydrogen (secondary N) is 1. The Morgan fingerprint density at radius 2 is 2.05 bits per heavy atom. The van der Waals surface area contributed by atoms with Crippen LogP contribution in [-0.4, -0.2) is 31.8 Å². The lowest BCUT2D eigenvalue weighted by atomic mass is 10.1. The van der Waals surface area contributed by atoms with E-state index in [0.29, 0.717) is 0 Å². The van der Waals surface area contributed by atoms with Gasteiger partial charge in [-0.15, -0.1) is 0 Å². The standard InChI is InChI=1S/C15H24N2O3/c1-10(2)20-13-7-5-6-12(8-13)11(3)17-15(18)14(9-16)19-4/h5-8,10-11,14H,9,16H2,1-4H3,(H,17,18). The van der Waals surface area contributed by atoms with E-state index in [9.17, 15) is 4.79 Å². The lowest BCUT2D eigenvalue weighted by molar-refractivity contribution is -0.131. The SMILES string of the molecule is COC(CN)C(=O)NC(C)c1cccc(OC(C)C)c1. The van der Waals surface area contributed by atoms with Crippen molar-refractivity contribution in [1.29, 1.82) is 0 Å². The molecule has 0 aliphatic heterocycles. The Hall–Kier alpha value is -1.59. The second-order valence-corrected chi connectivity index (χ2v) is 4.93. The first-order valence-electron chi connectivity index (χ1n) is 6.77. The largest absolute Gasteiger partial charge is 0.491 e. The highest BCUT2D eigenvalue weighted by Gasteiger charge is 2.18. The van der Waals surface area contributed by atoms with E-state index >= 15 is 0 Å². The predicted molar refractivity (Wildman–Crippen MR) is 78.6 cm³/mol. The van der Waals surface area contributed by atoms with Gasteiger partial charge in [0.15, 0.2) is 0 Å². The van der Waals surface area contributed by atoms with Crippen molar-refractivity contribution in [1.82, 2.24) is 5.32 Å². The van der Waals surface area contributed by atoms with Crippen LogP contribution in [0, 0.1) is 0 Å². The molecule has 20 heavy (non-hydrogen) atoms. The van der Waals surface area contributed by atoms with E-state index in [4.69, 9.17) is 15.2 Å². The van der Waals surface area contributed by atoms with Crippen molar-refractivity contribution in [2.24, 2.45) is 5.73 Å². The lowest BCUT2D eigenvalue weighted by Gasteiger charge is -2.19. The van der Waals surface area contributed by atoms with Crippen LogP contribution in [0.3, 0.4) is 0 Å². The van der Waals surface area contributed by atoms with Crippen molar-refractivity contribution in [3.8, 4) is 5.75 Å². The average Bonchev–Trinajstić information content (AvgIpc) is 2.39. The van der Waals surface area contributed by atoms with Gasteiger partial charge in [-0.05, 0) is 38.5 Å². The van der Waals surface area contributed by atoms with Gasteiger partial charge < -0.3 is 20.5 Å². The summed E-state index contributed by atoms with van der Waals surface area (Å²) in [7, 11) is 1.47. The number of hydrogen-bond donors (Lipinski definition) is 2. The normalized spacial score (nSPS) is 13.9. The van der Waals surface area contributed by atoms with E-state index in [1.54, 1.807) is 0 Å². The summed E-state index contributed by atoms with van der Waals surface area (Å²) in [6.07, 6.45) is -0.502. The third-order valence-corrected chi connectivity index (χ3v) is 2.88. The predicted octanol–water partition coefficient (Wildman–Crippen LogP) is 1.62. The summed E-state index contributed by atoms with van der Waals surface area (Å²) in [5, 5.41) is 2.88. The number of ether oxygens (including phenoxy) is 2. The number of amides is 1. The number of nitrogens with two attached hydrogens (primary N) is 1. The Balaban J connectivity index is 2.72. The summed E-state index contributed by atoms with van der Waals surface area (Å²) in [5.41, 5.74) is 6.45. The zero-order chi connectivity index (χ0) is 15.1. The van der Waals surface area contributed by atoms with Crippen LogP contribution in [0.4, 0.5) is 0 Å². The molecule has 1 aromatic rings. The molecule has 2 unspecified atom stereocenters. The average molecular weight is 280 g/mol. The molecule has 0 aliphatic rings. The van der Waals surface area contributed by atoms with Crippen LogP contribution in [-0.2, 0) is 9.53 Å². The third kappa shape index (κ3) is 4.83. The molecular weight excluding hydrogens is 256 g/mol. The minimum atomic E-state index is -0.618.